The summed E-state index contributed by atoms with van der Waals surface area (Å²) in [5.74, 6) is -0.327. The number of phenols is 1. The number of hydrogen-bond donors (Lipinski definition) is 3. The number of aromatic nitrogens is 3. The molecular formula is C15H16BrN3O4S. The largest absolute Gasteiger partial charge is 0.504 e. The van der Waals surface area contributed by atoms with Gasteiger partial charge in [0.1, 0.15) is 10.7 Å². The van der Waals surface area contributed by atoms with Crippen LogP contribution in [-0.2, 0) is 11.2 Å². The van der Waals surface area contributed by atoms with Crippen molar-refractivity contribution in [3.8, 4) is 11.5 Å². The molecule has 0 aliphatic heterocycles. The number of carbonyl (C=O) groups is 1. The van der Waals surface area contributed by atoms with Gasteiger partial charge in [-0.15, -0.1) is 5.10 Å². The summed E-state index contributed by atoms with van der Waals surface area (Å²) in [6.07, 6.45) is 3.00. The first-order chi connectivity index (χ1) is 11.4. The van der Waals surface area contributed by atoms with E-state index in [0.717, 1.165) is 24.6 Å². The van der Waals surface area contributed by atoms with E-state index in [1.54, 1.807) is 12.1 Å². The van der Waals surface area contributed by atoms with Gasteiger partial charge in [-0.05, 0) is 36.4 Å². The Morgan fingerprint density at radius 2 is 2.25 bits per heavy atom. The fourth-order valence-corrected chi connectivity index (χ4v) is 3.08. The molecule has 0 aliphatic carbocycles. The summed E-state index contributed by atoms with van der Waals surface area (Å²) in [7, 11) is 1.42. The number of ether oxygens (including phenoxy) is 1. The predicted octanol–water partition coefficient (Wildman–Crippen LogP) is 3.45. The molecule has 128 valence electrons. The number of methoxy groups -OCH3 is 1. The van der Waals surface area contributed by atoms with Crippen molar-refractivity contribution in [3.05, 3.63) is 32.9 Å². The Morgan fingerprint density at radius 3 is 2.88 bits per heavy atom. The zero-order valence-electron chi connectivity index (χ0n) is 13.0. The van der Waals surface area contributed by atoms with Gasteiger partial charge in [-0.3, -0.25) is 5.10 Å². The molecule has 0 radical (unpaired) electrons. The lowest BCUT2D eigenvalue weighted by molar-refractivity contribution is -0.131. The van der Waals surface area contributed by atoms with Crippen LogP contribution in [-0.4, -0.2) is 38.5 Å². The van der Waals surface area contributed by atoms with Crippen molar-refractivity contribution in [1.82, 2.24) is 15.2 Å². The fourth-order valence-electron chi connectivity index (χ4n) is 1.91. The van der Waals surface area contributed by atoms with E-state index in [0.29, 0.717) is 21.0 Å². The quantitative estimate of drug-likeness (QED) is 0.470. The highest BCUT2D eigenvalue weighted by Gasteiger charge is 2.16. The van der Waals surface area contributed by atoms with Crippen LogP contribution >= 0.6 is 27.7 Å². The molecule has 0 spiro atoms. The molecule has 1 heterocycles. The van der Waals surface area contributed by atoms with Gasteiger partial charge in [0.05, 0.1) is 7.11 Å². The number of aromatic hydroxyl groups is 1. The number of aromatic amines is 1. The summed E-state index contributed by atoms with van der Waals surface area (Å²) < 4.78 is 5.72. The second-order valence-electron chi connectivity index (χ2n) is 4.78. The molecule has 9 heteroatoms. The summed E-state index contributed by atoms with van der Waals surface area (Å²) >= 11 is 4.21. The Morgan fingerprint density at radius 1 is 1.50 bits per heavy atom. The standard InChI is InChI=1S/C15H16BrN3O4S/c1-3-4-12-17-15(19-18-12)24-11(14(21)22)6-8-5-9(16)7-10(23-2)13(8)20/h5-7,20H,3-4H2,1-2H3,(H,21,22)(H,17,18,19)/b11-6-. The number of rotatable bonds is 7. The summed E-state index contributed by atoms with van der Waals surface area (Å²) in [6, 6.07) is 3.19. The summed E-state index contributed by atoms with van der Waals surface area (Å²) in [5, 5.41) is 26.7. The number of phenolic OH excluding ortho intramolecular Hbond substituents is 1. The first-order valence-electron chi connectivity index (χ1n) is 7.05. The molecule has 0 unspecified atom stereocenters. The first kappa shape index (κ1) is 18.3. The average Bonchev–Trinajstić information content (AvgIpc) is 2.97. The molecule has 0 amide bonds. The molecule has 0 fully saturated rings. The van der Waals surface area contributed by atoms with Crippen molar-refractivity contribution in [2.45, 2.75) is 24.9 Å². The smallest absolute Gasteiger partial charge is 0.342 e. The Hall–Kier alpha value is -2.00. The molecule has 0 atom stereocenters. The van der Waals surface area contributed by atoms with Crippen LogP contribution in [0.25, 0.3) is 6.08 Å². The Balaban J connectivity index is 2.35. The Labute approximate surface area is 151 Å². The van der Waals surface area contributed by atoms with Gasteiger partial charge in [0.25, 0.3) is 0 Å². The molecule has 1 aromatic heterocycles. The number of thioether (sulfide) groups is 1. The fraction of sp³-hybridized carbons (Fsp3) is 0.267. The number of benzene rings is 1. The van der Waals surface area contributed by atoms with Gasteiger partial charge in [-0.25, -0.2) is 9.78 Å². The van der Waals surface area contributed by atoms with Crippen molar-refractivity contribution >= 4 is 39.7 Å². The number of aliphatic carboxylic acids is 1. The van der Waals surface area contributed by atoms with E-state index in [2.05, 4.69) is 31.1 Å². The molecule has 2 aromatic rings. The number of carboxylic acid groups (broad SMARTS) is 1. The maximum atomic E-state index is 11.5. The summed E-state index contributed by atoms with van der Waals surface area (Å²) in [5.41, 5.74) is 0.315. The topological polar surface area (TPSA) is 108 Å². The monoisotopic (exact) mass is 413 g/mol. The molecule has 3 N–H and O–H groups in total. The van der Waals surface area contributed by atoms with Gasteiger partial charge in [0.2, 0.25) is 5.16 Å². The van der Waals surface area contributed by atoms with Crippen LogP contribution in [0.4, 0.5) is 0 Å². The third-order valence-electron chi connectivity index (χ3n) is 2.99. The second-order valence-corrected chi connectivity index (χ2v) is 6.70. The second kappa shape index (κ2) is 8.20. The van der Waals surface area contributed by atoms with Crippen molar-refractivity contribution in [1.29, 1.82) is 0 Å². The van der Waals surface area contributed by atoms with E-state index < -0.39 is 5.97 Å². The van der Waals surface area contributed by atoms with Crippen LogP contribution in [0.5, 0.6) is 11.5 Å². The summed E-state index contributed by atoms with van der Waals surface area (Å²) in [6.45, 7) is 2.02. The van der Waals surface area contributed by atoms with Crippen LogP contribution in [0.2, 0.25) is 0 Å². The number of halogens is 1. The highest BCUT2D eigenvalue weighted by atomic mass is 79.9. The Kier molecular flexibility index (Phi) is 6.27. The number of aryl methyl sites for hydroxylation is 1. The molecule has 0 saturated heterocycles. The van der Waals surface area contributed by atoms with E-state index in [9.17, 15) is 15.0 Å². The van der Waals surface area contributed by atoms with E-state index in [-0.39, 0.29) is 16.4 Å². The Bertz CT molecular complexity index is 776. The molecule has 0 bridgehead atoms. The van der Waals surface area contributed by atoms with E-state index in [4.69, 9.17) is 4.74 Å². The van der Waals surface area contributed by atoms with Crippen LogP contribution in [0.3, 0.4) is 0 Å². The van der Waals surface area contributed by atoms with Crippen LogP contribution in [0.15, 0.2) is 26.7 Å². The molecule has 0 saturated carbocycles. The first-order valence-corrected chi connectivity index (χ1v) is 8.66. The third kappa shape index (κ3) is 4.51. The minimum atomic E-state index is -1.14. The maximum absolute atomic E-state index is 11.5. The number of hydrogen-bond acceptors (Lipinski definition) is 6. The molecule has 1 aromatic carbocycles. The van der Waals surface area contributed by atoms with Crippen LogP contribution < -0.4 is 4.74 Å². The molecular weight excluding hydrogens is 398 g/mol. The van der Waals surface area contributed by atoms with Crippen molar-refractivity contribution in [3.63, 3.8) is 0 Å². The van der Waals surface area contributed by atoms with Gasteiger partial charge in [0.15, 0.2) is 11.5 Å². The predicted molar refractivity (Wildman–Crippen MR) is 94.2 cm³/mol. The van der Waals surface area contributed by atoms with Gasteiger partial charge in [-0.2, -0.15) is 0 Å². The van der Waals surface area contributed by atoms with E-state index in [1.807, 2.05) is 6.92 Å². The number of nitrogens with zero attached hydrogens (tertiary/aromatic N) is 2. The normalized spacial score (nSPS) is 11.5. The average molecular weight is 414 g/mol. The maximum Gasteiger partial charge on any atom is 0.342 e. The molecule has 24 heavy (non-hydrogen) atoms. The lowest BCUT2D eigenvalue weighted by Crippen LogP contribution is -1.98. The van der Waals surface area contributed by atoms with Gasteiger partial charge >= 0.3 is 5.97 Å². The third-order valence-corrected chi connectivity index (χ3v) is 4.32. The van der Waals surface area contributed by atoms with Gasteiger partial charge in [0, 0.05) is 16.5 Å². The van der Waals surface area contributed by atoms with Crippen LogP contribution in [0.1, 0.15) is 24.7 Å². The SMILES string of the molecule is CCCc1nc(S/C(=C\c2cc(Br)cc(OC)c2O)C(=O)O)n[nH]1. The van der Waals surface area contributed by atoms with Crippen LogP contribution in [0, 0.1) is 0 Å². The van der Waals surface area contributed by atoms with Gasteiger partial charge in [-0.1, -0.05) is 22.9 Å². The minimum absolute atomic E-state index is 0.0208. The number of nitrogens with one attached hydrogen (secondary N) is 1. The highest BCUT2D eigenvalue weighted by molar-refractivity contribution is 9.10. The van der Waals surface area contributed by atoms with Crippen molar-refractivity contribution in [2.24, 2.45) is 0 Å². The molecule has 0 aliphatic rings. The van der Waals surface area contributed by atoms with Gasteiger partial charge < -0.3 is 14.9 Å². The minimum Gasteiger partial charge on any atom is -0.504 e. The van der Waals surface area contributed by atoms with Crippen molar-refractivity contribution < 1.29 is 19.7 Å². The highest BCUT2D eigenvalue weighted by Crippen LogP contribution is 2.36. The molecule has 2 rings (SSSR count). The number of H-pyrrole nitrogens is 1. The zero-order chi connectivity index (χ0) is 17.7. The molecule has 7 nitrogen and oxygen atoms in total. The van der Waals surface area contributed by atoms with E-state index in [1.165, 1.54) is 13.2 Å². The van der Waals surface area contributed by atoms with E-state index >= 15 is 0 Å². The summed E-state index contributed by atoms with van der Waals surface area (Å²) in [4.78, 5) is 15.7. The zero-order valence-corrected chi connectivity index (χ0v) is 15.4. The lowest BCUT2D eigenvalue weighted by Gasteiger charge is -2.08. The lowest BCUT2D eigenvalue weighted by atomic mass is 10.1. The van der Waals surface area contributed by atoms with Crippen molar-refractivity contribution in [2.75, 3.05) is 7.11 Å². The number of carboxylic acids is 1.